The van der Waals surface area contributed by atoms with E-state index in [0.717, 1.165) is 16.6 Å². The summed E-state index contributed by atoms with van der Waals surface area (Å²) in [5, 5.41) is 2.80. The number of nitrogens with one attached hydrogen (secondary N) is 1. The first-order valence-corrected chi connectivity index (χ1v) is 10.8. The molecule has 0 spiro atoms. The summed E-state index contributed by atoms with van der Waals surface area (Å²) >= 11 is 6.03. The van der Waals surface area contributed by atoms with Crippen molar-refractivity contribution in [3.63, 3.8) is 0 Å². The van der Waals surface area contributed by atoms with Crippen LogP contribution in [0.25, 0.3) is 0 Å². The third-order valence-electron chi connectivity index (χ3n) is 3.95. The third kappa shape index (κ3) is 6.16. The van der Waals surface area contributed by atoms with Gasteiger partial charge in [-0.05, 0) is 36.8 Å². The average molecular weight is 443 g/mol. The van der Waals surface area contributed by atoms with E-state index in [4.69, 9.17) is 11.6 Å². The summed E-state index contributed by atoms with van der Waals surface area (Å²) in [6.07, 6.45) is 1.07. The highest BCUT2D eigenvalue weighted by Crippen LogP contribution is 2.24. The lowest BCUT2D eigenvalue weighted by atomic mass is 10.2. The van der Waals surface area contributed by atoms with Crippen LogP contribution >= 0.6 is 11.6 Å². The fourth-order valence-electron chi connectivity index (χ4n) is 2.58. The molecule has 1 N–H and O–H groups in total. The molecule has 0 aliphatic carbocycles. The van der Waals surface area contributed by atoms with Crippen LogP contribution in [-0.2, 0) is 19.6 Å². The number of carbonyl (C=O) groups excluding carboxylic acids is 2. The van der Waals surface area contributed by atoms with E-state index in [1.54, 1.807) is 0 Å². The number of benzene rings is 2. The van der Waals surface area contributed by atoms with E-state index in [9.17, 15) is 22.4 Å². The molecule has 0 aliphatic rings. The predicted octanol–water partition coefficient (Wildman–Crippen LogP) is 3.45. The van der Waals surface area contributed by atoms with Crippen molar-refractivity contribution >= 4 is 44.9 Å². The highest BCUT2D eigenvalue weighted by molar-refractivity contribution is 7.92. The summed E-state index contributed by atoms with van der Waals surface area (Å²) in [4.78, 5) is 23.8. The molecular weight excluding hydrogens is 423 g/mol. The molecule has 0 heterocycles. The molecule has 29 heavy (non-hydrogen) atoms. The highest BCUT2D eigenvalue weighted by Gasteiger charge is 2.20. The van der Waals surface area contributed by atoms with Gasteiger partial charge in [0.15, 0.2) is 0 Å². The molecule has 156 valence electrons. The second-order valence-electron chi connectivity index (χ2n) is 6.12. The topological polar surface area (TPSA) is 92.8 Å². The van der Waals surface area contributed by atoms with Gasteiger partial charge in [0.1, 0.15) is 5.82 Å². The summed E-state index contributed by atoms with van der Waals surface area (Å²) in [5.74, 6) is -1.68. The second-order valence-corrected chi connectivity index (χ2v) is 8.44. The molecule has 0 radical (unpaired) electrons. The van der Waals surface area contributed by atoms with Crippen LogP contribution in [0.3, 0.4) is 0 Å². The van der Waals surface area contributed by atoms with E-state index < -0.39 is 27.7 Å². The van der Waals surface area contributed by atoms with Crippen molar-refractivity contribution in [2.75, 3.05) is 29.5 Å². The SMILES string of the molecule is COC(=O)c1ccc(Cl)c(NC(=O)CCCN(c2ccccc2F)S(C)(=O)=O)c1. The normalized spacial score (nSPS) is 11.0. The molecule has 0 bridgehead atoms. The van der Waals surface area contributed by atoms with Gasteiger partial charge in [0.05, 0.1) is 35.3 Å². The van der Waals surface area contributed by atoms with E-state index in [1.165, 1.54) is 43.5 Å². The van der Waals surface area contributed by atoms with Crippen molar-refractivity contribution in [1.29, 1.82) is 0 Å². The lowest BCUT2D eigenvalue weighted by Gasteiger charge is -2.22. The third-order valence-corrected chi connectivity index (χ3v) is 5.46. The van der Waals surface area contributed by atoms with Crippen LogP contribution in [0.4, 0.5) is 15.8 Å². The Bertz CT molecular complexity index is 1010. The van der Waals surface area contributed by atoms with Gasteiger partial charge in [0.2, 0.25) is 15.9 Å². The molecule has 0 saturated carbocycles. The van der Waals surface area contributed by atoms with Gasteiger partial charge in [-0.2, -0.15) is 0 Å². The zero-order valence-electron chi connectivity index (χ0n) is 15.8. The van der Waals surface area contributed by atoms with Crippen LogP contribution in [-0.4, -0.2) is 40.2 Å². The van der Waals surface area contributed by atoms with E-state index in [0.29, 0.717) is 0 Å². The molecule has 2 aromatic rings. The van der Waals surface area contributed by atoms with Gasteiger partial charge in [0.25, 0.3) is 0 Å². The number of nitrogens with zero attached hydrogens (tertiary/aromatic N) is 1. The number of anilines is 2. The number of amides is 1. The van der Waals surface area contributed by atoms with Crippen LogP contribution in [0.1, 0.15) is 23.2 Å². The number of carbonyl (C=O) groups is 2. The molecule has 10 heteroatoms. The van der Waals surface area contributed by atoms with Crippen molar-refractivity contribution in [2.45, 2.75) is 12.8 Å². The predicted molar refractivity (Wildman–Crippen MR) is 109 cm³/mol. The van der Waals surface area contributed by atoms with Crippen LogP contribution in [0, 0.1) is 5.82 Å². The van der Waals surface area contributed by atoms with Crippen LogP contribution in [0.5, 0.6) is 0 Å². The molecule has 0 aliphatic heterocycles. The lowest BCUT2D eigenvalue weighted by Crippen LogP contribution is -2.32. The maximum Gasteiger partial charge on any atom is 0.337 e. The number of ether oxygens (including phenoxy) is 1. The fraction of sp³-hybridized carbons (Fsp3) is 0.263. The van der Waals surface area contributed by atoms with Crippen molar-refractivity contribution in [3.05, 3.63) is 58.9 Å². The van der Waals surface area contributed by atoms with Gasteiger partial charge >= 0.3 is 5.97 Å². The standard InChI is InChI=1S/C19H20ClFN2O5S/c1-28-19(25)13-9-10-14(20)16(12-13)22-18(24)8-5-11-23(29(2,26)27)17-7-4-3-6-15(17)21/h3-4,6-7,9-10,12H,5,8,11H2,1-2H3,(H,22,24). The summed E-state index contributed by atoms with van der Waals surface area (Å²) in [5.41, 5.74) is 0.368. The van der Waals surface area contributed by atoms with Crippen LogP contribution in [0.2, 0.25) is 5.02 Å². The number of rotatable bonds is 8. The number of sulfonamides is 1. The molecule has 0 atom stereocenters. The monoisotopic (exact) mass is 442 g/mol. The Morgan fingerprint density at radius 3 is 2.52 bits per heavy atom. The Balaban J connectivity index is 2.03. The molecule has 2 aromatic carbocycles. The lowest BCUT2D eigenvalue weighted by molar-refractivity contribution is -0.116. The van der Waals surface area contributed by atoms with E-state index in [1.807, 2.05) is 0 Å². The number of halogens is 2. The Morgan fingerprint density at radius 1 is 1.21 bits per heavy atom. The average Bonchev–Trinajstić information content (AvgIpc) is 2.66. The zero-order chi connectivity index (χ0) is 21.6. The van der Waals surface area contributed by atoms with Gasteiger partial charge in [-0.25, -0.2) is 17.6 Å². The zero-order valence-corrected chi connectivity index (χ0v) is 17.4. The Hall–Kier alpha value is -2.65. The molecular formula is C19H20ClFN2O5S. The summed E-state index contributed by atoms with van der Waals surface area (Å²) < 4.78 is 43.6. The highest BCUT2D eigenvalue weighted by atomic mass is 35.5. The number of esters is 1. The van der Waals surface area contributed by atoms with E-state index in [2.05, 4.69) is 10.1 Å². The van der Waals surface area contributed by atoms with E-state index >= 15 is 0 Å². The Labute approximate surface area is 173 Å². The Kier molecular flexibility index (Phi) is 7.58. The van der Waals surface area contributed by atoms with Gasteiger partial charge in [-0.1, -0.05) is 23.7 Å². The molecule has 0 fully saturated rings. The molecule has 0 aromatic heterocycles. The minimum atomic E-state index is -3.73. The summed E-state index contributed by atoms with van der Waals surface area (Å²) in [6.45, 7) is -0.0802. The maximum absolute atomic E-state index is 14.0. The summed E-state index contributed by atoms with van der Waals surface area (Å²) in [6, 6.07) is 9.80. The molecule has 0 unspecified atom stereocenters. The van der Waals surface area contributed by atoms with Crippen LogP contribution < -0.4 is 9.62 Å². The quantitative estimate of drug-likeness (QED) is 0.632. The van der Waals surface area contributed by atoms with Gasteiger partial charge in [-0.3, -0.25) is 9.10 Å². The first-order chi connectivity index (χ1) is 13.6. The fourth-order valence-corrected chi connectivity index (χ4v) is 3.71. The molecule has 1 amide bonds. The first kappa shape index (κ1) is 22.6. The van der Waals surface area contributed by atoms with Crippen molar-refractivity contribution < 1.29 is 27.1 Å². The number of methoxy groups -OCH3 is 1. The van der Waals surface area contributed by atoms with Crippen molar-refractivity contribution in [2.24, 2.45) is 0 Å². The van der Waals surface area contributed by atoms with Gasteiger partial charge < -0.3 is 10.1 Å². The van der Waals surface area contributed by atoms with Crippen LogP contribution in [0.15, 0.2) is 42.5 Å². The summed E-state index contributed by atoms with van der Waals surface area (Å²) in [7, 11) is -2.50. The maximum atomic E-state index is 14.0. The first-order valence-electron chi connectivity index (χ1n) is 8.53. The molecule has 2 rings (SSSR count). The number of hydrogen-bond acceptors (Lipinski definition) is 5. The number of para-hydroxylation sites is 1. The molecule has 7 nitrogen and oxygen atoms in total. The second kappa shape index (κ2) is 9.71. The Morgan fingerprint density at radius 2 is 1.90 bits per heavy atom. The van der Waals surface area contributed by atoms with Crippen molar-refractivity contribution in [3.8, 4) is 0 Å². The smallest absolute Gasteiger partial charge is 0.337 e. The molecule has 0 saturated heterocycles. The number of hydrogen-bond donors (Lipinski definition) is 1. The largest absolute Gasteiger partial charge is 0.465 e. The van der Waals surface area contributed by atoms with Gasteiger partial charge in [-0.15, -0.1) is 0 Å². The minimum absolute atomic E-state index is 0.0424. The van der Waals surface area contributed by atoms with E-state index in [-0.39, 0.29) is 41.3 Å². The van der Waals surface area contributed by atoms with Gasteiger partial charge in [0, 0.05) is 13.0 Å². The van der Waals surface area contributed by atoms with Crippen molar-refractivity contribution in [1.82, 2.24) is 0 Å². The minimum Gasteiger partial charge on any atom is -0.465 e.